The van der Waals surface area contributed by atoms with Crippen LogP contribution in [0.3, 0.4) is 0 Å². The molecule has 3 heteroatoms. The zero-order valence-electron chi connectivity index (χ0n) is 6.23. The van der Waals surface area contributed by atoms with Gasteiger partial charge in [0.05, 0.1) is 0 Å². The van der Waals surface area contributed by atoms with Crippen molar-refractivity contribution in [2.75, 3.05) is 0 Å². The quantitative estimate of drug-likeness (QED) is 0.691. The van der Waals surface area contributed by atoms with Crippen LogP contribution < -0.4 is 4.62 Å². The van der Waals surface area contributed by atoms with Gasteiger partial charge in [-0.15, -0.1) is 0 Å². The molecule has 0 saturated heterocycles. The molecule has 0 atom stereocenters. The van der Waals surface area contributed by atoms with Crippen LogP contribution in [0.4, 0.5) is 0 Å². The Kier molecular flexibility index (Phi) is 1.99. The normalized spacial score (nSPS) is 10.0. The van der Waals surface area contributed by atoms with Gasteiger partial charge in [-0.3, -0.25) is 0 Å². The molecular weight excluding hydrogens is 190 g/mol. The van der Waals surface area contributed by atoms with Crippen molar-refractivity contribution in [3.63, 3.8) is 0 Å². The van der Waals surface area contributed by atoms with E-state index in [1.54, 1.807) is 0 Å². The maximum absolute atomic E-state index is 4.91. The summed E-state index contributed by atoms with van der Waals surface area (Å²) >= 11 is 2.76. The number of hydrogen-bond acceptors (Lipinski definition) is 2. The average molecular weight is 196 g/mol. The molecule has 59 valence electrons. The van der Waals surface area contributed by atoms with Crippen molar-refractivity contribution in [1.29, 1.82) is 0 Å². The van der Waals surface area contributed by atoms with Crippen LogP contribution >= 0.6 is 0 Å². The molecule has 1 aromatic carbocycles. The van der Waals surface area contributed by atoms with Gasteiger partial charge in [0.2, 0.25) is 0 Å². The van der Waals surface area contributed by atoms with Crippen LogP contribution in [0.5, 0.6) is 0 Å². The number of benzene rings is 1. The fourth-order valence-corrected chi connectivity index (χ4v) is 1.24. The molecule has 0 saturated carbocycles. The van der Waals surface area contributed by atoms with E-state index in [0.717, 1.165) is 11.3 Å². The SMILES string of the molecule is [Cr][c]1cc(-c2ccccc2)no1. The summed E-state index contributed by atoms with van der Waals surface area (Å²) in [6.07, 6.45) is 0. The van der Waals surface area contributed by atoms with Gasteiger partial charge in [-0.05, 0) is 0 Å². The molecule has 0 fully saturated rings. The third-order valence-electron chi connectivity index (χ3n) is 1.56. The van der Waals surface area contributed by atoms with Gasteiger partial charge in [-0.25, -0.2) is 0 Å². The van der Waals surface area contributed by atoms with Gasteiger partial charge < -0.3 is 0 Å². The predicted octanol–water partition coefficient (Wildman–Crippen LogP) is 1.51. The number of aromatic nitrogens is 1. The second-order valence-corrected chi connectivity index (χ2v) is 3.03. The first kappa shape index (κ1) is 7.60. The first-order chi connectivity index (χ1) is 5.86. The molecule has 2 aromatic rings. The molecule has 0 radical (unpaired) electrons. The number of nitrogens with zero attached hydrogens (tertiary/aromatic N) is 1. The van der Waals surface area contributed by atoms with Crippen LogP contribution in [0.15, 0.2) is 40.9 Å². The van der Waals surface area contributed by atoms with E-state index in [0.29, 0.717) is 4.62 Å². The Labute approximate surface area is 78.6 Å². The third-order valence-corrected chi connectivity index (χ3v) is 1.86. The van der Waals surface area contributed by atoms with E-state index in [2.05, 4.69) is 21.4 Å². The molecule has 1 heterocycles. The Morgan fingerprint density at radius 1 is 1.17 bits per heavy atom. The van der Waals surface area contributed by atoms with E-state index in [9.17, 15) is 0 Å². The van der Waals surface area contributed by atoms with Crippen LogP contribution in [0.2, 0.25) is 0 Å². The molecular formula is C9H6CrNO. The topological polar surface area (TPSA) is 26.0 Å². The summed E-state index contributed by atoms with van der Waals surface area (Å²) in [7, 11) is 0. The molecule has 0 aliphatic rings. The van der Waals surface area contributed by atoms with Gasteiger partial charge in [0.1, 0.15) is 0 Å². The standard InChI is InChI=1S/C9H6NO.Cr/c1-2-4-8(5-3-1)9-6-7-11-10-9;/h1-6H;. The van der Waals surface area contributed by atoms with E-state index in [1.807, 2.05) is 36.4 Å². The van der Waals surface area contributed by atoms with Gasteiger partial charge in [0, 0.05) is 0 Å². The molecule has 0 aliphatic heterocycles. The van der Waals surface area contributed by atoms with Crippen molar-refractivity contribution in [2.45, 2.75) is 0 Å². The minimum atomic E-state index is 0.717. The van der Waals surface area contributed by atoms with E-state index >= 15 is 0 Å². The fourth-order valence-electron chi connectivity index (χ4n) is 1.00. The first-order valence-electron chi connectivity index (χ1n) is 3.55. The van der Waals surface area contributed by atoms with E-state index in [4.69, 9.17) is 4.52 Å². The fraction of sp³-hybridized carbons (Fsp3) is 0. The molecule has 0 unspecified atom stereocenters. The van der Waals surface area contributed by atoms with Crippen molar-refractivity contribution in [1.82, 2.24) is 5.16 Å². The van der Waals surface area contributed by atoms with Crippen LogP contribution in [-0.4, -0.2) is 5.16 Å². The van der Waals surface area contributed by atoms with Gasteiger partial charge in [0.15, 0.2) is 0 Å². The monoisotopic (exact) mass is 196 g/mol. The van der Waals surface area contributed by atoms with E-state index < -0.39 is 0 Å². The molecule has 0 spiro atoms. The number of rotatable bonds is 1. The maximum atomic E-state index is 4.91. The Morgan fingerprint density at radius 2 is 1.92 bits per heavy atom. The van der Waals surface area contributed by atoms with Crippen molar-refractivity contribution < 1.29 is 20.8 Å². The third kappa shape index (κ3) is 1.43. The first-order valence-corrected chi connectivity index (χ1v) is 4.19. The second kappa shape index (κ2) is 3.14. The van der Waals surface area contributed by atoms with Crippen molar-refractivity contribution in [2.24, 2.45) is 0 Å². The summed E-state index contributed by atoms with van der Waals surface area (Å²) in [6.45, 7) is 0. The average Bonchev–Trinajstić information content (AvgIpc) is 2.54. The summed E-state index contributed by atoms with van der Waals surface area (Å²) in [6, 6.07) is 11.8. The summed E-state index contributed by atoms with van der Waals surface area (Å²) in [5, 5.41) is 3.88. The molecule has 0 bridgehead atoms. The van der Waals surface area contributed by atoms with Crippen LogP contribution in [0, 0.1) is 0 Å². The molecule has 0 amide bonds. The molecule has 2 nitrogen and oxygen atoms in total. The summed E-state index contributed by atoms with van der Waals surface area (Å²) in [5.41, 5.74) is 1.94. The summed E-state index contributed by atoms with van der Waals surface area (Å²) in [5.74, 6) is 0. The Morgan fingerprint density at radius 3 is 2.50 bits per heavy atom. The van der Waals surface area contributed by atoms with Crippen LogP contribution in [-0.2, 0) is 16.3 Å². The van der Waals surface area contributed by atoms with Gasteiger partial charge in [-0.1, -0.05) is 0 Å². The molecule has 1 aromatic heterocycles. The van der Waals surface area contributed by atoms with Gasteiger partial charge in [0.25, 0.3) is 0 Å². The van der Waals surface area contributed by atoms with Crippen LogP contribution in [0.1, 0.15) is 0 Å². The molecule has 12 heavy (non-hydrogen) atoms. The van der Waals surface area contributed by atoms with Crippen molar-refractivity contribution in [3.8, 4) is 11.3 Å². The minimum absolute atomic E-state index is 0.717. The second-order valence-electron chi connectivity index (χ2n) is 2.40. The zero-order valence-corrected chi connectivity index (χ0v) is 7.50. The van der Waals surface area contributed by atoms with E-state index in [-0.39, 0.29) is 0 Å². The summed E-state index contributed by atoms with van der Waals surface area (Å²) in [4.78, 5) is 0. The van der Waals surface area contributed by atoms with Crippen molar-refractivity contribution >= 4 is 4.62 Å². The molecule has 0 aliphatic carbocycles. The molecule has 0 N–H and O–H groups in total. The summed E-state index contributed by atoms with van der Waals surface area (Å²) < 4.78 is 5.63. The van der Waals surface area contributed by atoms with Gasteiger partial charge in [-0.2, -0.15) is 0 Å². The zero-order chi connectivity index (χ0) is 8.39. The van der Waals surface area contributed by atoms with E-state index in [1.165, 1.54) is 0 Å². The van der Waals surface area contributed by atoms with Crippen LogP contribution in [0.25, 0.3) is 11.3 Å². The van der Waals surface area contributed by atoms with Gasteiger partial charge >= 0.3 is 78.2 Å². The Balaban J connectivity index is 2.45. The Bertz CT molecular complexity index is 369. The van der Waals surface area contributed by atoms with Crippen molar-refractivity contribution in [3.05, 3.63) is 36.4 Å². The predicted molar refractivity (Wildman–Crippen MR) is 41.6 cm³/mol. The Hall–Kier alpha value is -1.04. The number of hydrogen-bond donors (Lipinski definition) is 0. The molecule has 2 rings (SSSR count).